The second kappa shape index (κ2) is 5.99. The highest BCUT2D eigenvalue weighted by atomic mass is 16.5. The molecule has 1 aromatic rings. The van der Waals surface area contributed by atoms with Crippen LogP contribution in [0.2, 0.25) is 0 Å². The van der Waals surface area contributed by atoms with Gasteiger partial charge in [-0.3, -0.25) is 4.90 Å². The molecule has 1 aliphatic rings. The SMILES string of the molecule is OC[C@@H](Cc1ccccc1)N1CCOCC1. The maximum atomic E-state index is 9.46. The molecule has 1 atom stereocenters. The lowest BCUT2D eigenvalue weighted by molar-refractivity contribution is 0.00341. The third kappa shape index (κ3) is 3.04. The van der Waals surface area contributed by atoms with Gasteiger partial charge in [0.15, 0.2) is 0 Å². The second-order valence-corrected chi connectivity index (χ2v) is 4.17. The summed E-state index contributed by atoms with van der Waals surface area (Å²) < 4.78 is 5.32. The van der Waals surface area contributed by atoms with Gasteiger partial charge in [0.2, 0.25) is 0 Å². The molecule has 1 aliphatic heterocycles. The summed E-state index contributed by atoms with van der Waals surface area (Å²) in [6.07, 6.45) is 0.914. The summed E-state index contributed by atoms with van der Waals surface area (Å²) in [4.78, 5) is 2.32. The van der Waals surface area contributed by atoms with Crippen molar-refractivity contribution in [3.63, 3.8) is 0 Å². The normalized spacial score (nSPS) is 19.6. The second-order valence-electron chi connectivity index (χ2n) is 4.17. The van der Waals surface area contributed by atoms with Crippen LogP contribution in [-0.2, 0) is 11.2 Å². The van der Waals surface area contributed by atoms with Crippen LogP contribution in [0.15, 0.2) is 30.3 Å². The van der Waals surface area contributed by atoms with Gasteiger partial charge in [-0.15, -0.1) is 0 Å². The third-order valence-corrected chi connectivity index (χ3v) is 3.09. The zero-order valence-corrected chi connectivity index (χ0v) is 9.51. The number of ether oxygens (including phenoxy) is 1. The van der Waals surface area contributed by atoms with Crippen molar-refractivity contribution in [1.29, 1.82) is 0 Å². The summed E-state index contributed by atoms with van der Waals surface area (Å²) in [5.74, 6) is 0. The van der Waals surface area contributed by atoms with E-state index in [1.165, 1.54) is 5.56 Å². The van der Waals surface area contributed by atoms with Gasteiger partial charge >= 0.3 is 0 Å². The first-order chi connectivity index (χ1) is 7.90. The Bertz CT molecular complexity index is 296. The topological polar surface area (TPSA) is 32.7 Å². The molecule has 1 aromatic carbocycles. The van der Waals surface area contributed by atoms with E-state index in [-0.39, 0.29) is 12.6 Å². The quantitative estimate of drug-likeness (QED) is 0.820. The van der Waals surface area contributed by atoms with Crippen molar-refractivity contribution in [2.45, 2.75) is 12.5 Å². The minimum absolute atomic E-state index is 0.217. The number of aliphatic hydroxyl groups is 1. The van der Waals surface area contributed by atoms with E-state index >= 15 is 0 Å². The van der Waals surface area contributed by atoms with E-state index in [1.54, 1.807) is 0 Å². The van der Waals surface area contributed by atoms with Crippen molar-refractivity contribution in [3.8, 4) is 0 Å². The standard InChI is InChI=1S/C13H19NO2/c15-11-13(14-6-8-16-9-7-14)10-12-4-2-1-3-5-12/h1-5,13,15H,6-11H2/t13-/m1/s1. The van der Waals surface area contributed by atoms with Crippen molar-refractivity contribution in [1.82, 2.24) is 4.90 Å². The average molecular weight is 221 g/mol. The Labute approximate surface area is 96.6 Å². The number of morpholine rings is 1. The summed E-state index contributed by atoms with van der Waals surface area (Å²) in [6, 6.07) is 10.6. The van der Waals surface area contributed by atoms with Crippen molar-refractivity contribution in [2.75, 3.05) is 32.9 Å². The van der Waals surface area contributed by atoms with Crippen LogP contribution in [0.4, 0.5) is 0 Å². The monoisotopic (exact) mass is 221 g/mol. The Balaban J connectivity index is 1.94. The highest BCUT2D eigenvalue weighted by molar-refractivity contribution is 5.16. The first-order valence-electron chi connectivity index (χ1n) is 5.86. The fourth-order valence-corrected chi connectivity index (χ4v) is 2.14. The molecule has 3 heteroatoms. The minimum Gasteiger partial charge on any atom is -0.395 e. The molecule has 1 saturated heterocycles. The minimum atomic E-state index is 0.217. The maximum Gasteiger partial charge on any atom is 0.0594 e. The van der Waals surface area contributed by atoms with Gasteiger partial charge in [-0.2, -0.15) is 0 Å². The Hall–Kier alpha value is -0.900. The highest BCUT2D eigenvalue weighted by Crippen LogP contribution is 2.10. The van der Waals surface area contributed by atoms with E-state index in [2.05, 4.69) is 17.0 Å². The van der Waals surface area contributed by atoms with Crippen LogP contribution in [0.25, 0.3) is 0 Å². The lowest BCUT2D eigenvalue weighted by atomic mass is 10.0. The molecule has 0 unspecified atom stereocenters. The molecule has 1 fully saturated rings. The summed E-state index contributed by atoms with van der Waals surface area (Å²) in [5, 5.41) is 9.46. The molecule has 0 amide bonds. The Morgan fingerprint density at radius 1 is 1.19 bits per heavy atom. The Morgan fingerprint density at radius 3 is 2.50 bits per heavy atom. The predicted octanol–water partition coefficient (Wildman–Crippen LogP) is 0.922. The number of nitrogens with zero attached hydrogens (tertiary/aromatic N) is 1. The molecule has 0 saturated carbocycles. The molecule has 1 N–H and O–H groups in total. The van der Waals surface area contributed by atoms with Crippen molar-refractivity contribution in [3.05, 3.63) is 35.9 Å². The molecular weight excluding hydrogens is 202 g/mol. The molecule has 1 heterocycles. The van der Waals surface area contributed by atoms with E-state index in [1.807, 2.05) is 18.2 Å². The Kier molecular flexibility index (Phi) is 4.34. The third-order valence-electron chi connectivity index (χ3n) is 3.09. The van der Waals surface area contributed by atoms with Gasteiger partial charge in [0.1, 0.15) is 0 Å². The number of aliphatic hydroxyl groups excluding tert-OH is 1. The van der Waals surface area contributed by atoms with Crippen LogP contribution in [0, 0.1) is 0 Å². The lowest BCUT2D eigenvalue weighted by Crippen LogP contribution is -2.46. The van der Waals surface area contributed by atoms with Gasteiger partial charge < -0.3 is 9.84 Å². The van der Waals surface area contributed by atoms with Gasteiger partial charge in [-0.1, -0.05) is 30.3 Å². The maximum absolute atomic E-state index is 9.46. The van der Waals surface area contributed by atoms with E-state index in [4.69, 9.17) is 4.74 Å². The first kappa shape index (κ1) is 11.6. The molecule has 0 radical (unpaired) electrons. The van der Waals surface area contributed by atoms with Gasteiger partial charge in [-0.25, -0.2) is 0 Å². The molecule has 16 heavy (non-hydrogen) atoms. The number of benzene rings is 1. The van der Waals surface area contributed by atoms with Gasteiger partial charge in [-0.05, 0) is 12.0 Å². The van der Waals surface area contributed by atoms with E-state index in [0.29, 0.717) is 0 Å². The van der Waals surface area contributed by atoms with E-state index in [0.717, 1.165) is 32.7 Å². The zero-order valence-electron chi connectivity index (χ0n) is 9.51. The van der Waals surface area contributed by atoms with Crippen LogP contribution >= 0.6 is 0 Å². The number of rotatable bonds is 4. The van der Waals surface area contributed by atoms with E-state index in [9.17, 15) is 5.11 Å². The molecule has 0 spiro atoms. The summed E-state index contributed by atoms with van der Waals surface area (Å²) in [7, 11) is 0. The summed E-state index contributed by atoms with van der Waals surface area (Å²) >= 11 is 0. The smallest absolute Gasteiger partial charge is 0.0594 e. The molecule has 88 valence electrons. The first-order valence-corrected chi connectivity index (χ1v) is 5.86. The average Bonchev–Trinajstić information content (AvgIpc) is 2.38. The van der Waals surface area contributed by atoms with Gasteiger partial charge in [0.05, 0.1) is 19.8 Å². The van der Waals surface area contributed by atoms with Gasteiger partial charge in [0, 0.05) is 19.1 Å². The van der Waals surface area contributed by atoms with Crippen LogP contribution < -0.4 is 0 Å². The van der Waals surface area contributed by atoms with Crippen molar-refractivity contribution in [2.24, 2.45) is 0 Å². The fourth-order valence-electron chi connectivity index (χ4n) is 2.14. The summed E-state index contributed by atoms with van der Waals surface area (Å²) in [6.45, 7) is 3.64. The van der Waals surface area contributed by atoms with Crippen molar-refractivity contribution < 1.29 is 9.84 Å². The van der Waals surface area contributed by atoms with E-state index < -0.39 is 0 Å². The largest absolute Gasteiger partial charge is 0.395 e. The molecule has 2 rings (SSSR count). The molecular formula is C13H19NO2. The van der Waals surface area contributed by atoms with Crippen LogP contribution in [0.1, 0.15) is 5.56 Å². The molecule has 3 nitrogen and oxygen atoms in total. The highest BCUT2D eigenvalue weighted by Gasteiger charge is 2.20. The zero-order chi connectivity index (χ0) is 11.2. The van der Waals surface area contributed by atoms with Crippen LogP contribution in [0.5, 0.6) is 0 Å². The molecule has 0 bridgehead atoms. The predicted molar refractivity (Wildman–Crippen MR) is 63.4 cm³/mol. The van der Waals surface area contributed by atoms with Crippen LogP contribution in [0.3, 0.4) is 0 Å². The molecule has 0 aliphatic carbocycles. The lowest BCUT2D eigenvalue weighted by Gasteiger charge is -2.33. The number of hydrogen-bond acceptors (Lipinski definition) is 3. The van der Waals surface area contributed by atoms with Gasteiger partial charge in [0.25, 0.3) is 0 Å². The van der Waals surface area contributed by atoms with Crippen LogP contribution in [-0.4, -0.2) is 49.0 Å². The summed E-state index contributed by atoms with van der Waals surface area (Å²) in [5.41, 5.74) is 1.29. The number of hydrogen-bond donors (Lipinski definition) is 1. The Morgan fingerprint density at radius 2 is 1.88 bits per heavy atom. The van der Waals surface area contributed by atoms with Crippen molar-refractivity contribution >= 4 is 0 Å². The molecule has 0 aromatic heterocycles. The fraction of sp³-hybridized carbons (Fsp3) is 0.538.